The molecule has 1 saturated heterocycles. The largest absolute Gasteiger partial charge is 0.316 e. The van der Waals surface area contributed by atoms with Crippen molar-refractivity contribution in [3.8, 4) is 0 Å². The smallest absolute Gasteiger partial charge is 0.162 e. The summed E-state index contributed by atoms with van der Waals surface area (Å²) in [6.45, 7) is 4.21. The summed E-state index contributed by atoms with van der Waals surface area (Å²) < 4.78 is 41.3. The topological polar surface area (TPSA) is 12.0 Å². The molecule has 0 spiro atoms. The van der Waals surface area contributed by atoms with Crippen LogP contribution in [0.2, 0.25) is 0 Å². The van der Waals surface area contributed by atoms with Crippen LogP contribution in [0.15, 0.2) is 12.1 Å². The van der Waals surface area contributed by atoms with Crippen LogP contribution < -0.4 is 5.32 Å². The maximum absolute atomic E-state index is 13.9. The lowest BCUT2D eigenvalue weighted by Gasteiger charge is -2.25. The highest BCUT2D eigenvalue weighted by Gasteiger charge is 2.26. The van der Waals surface area contributed by atoms with Crippen molar-refractivity contribution in [1.82, 2.24) is 5.32 Å². The van der Waals surface area contributed by atoms with Gasteiger partial charge in [-0.3, -0.25) is 0 Å². The highest BCUT2D eigenvalue weighted by Crippen LogP contribution is 2.32. The highest BCUT2D eigenvalue weighted by atomic mass is 19.2. The van der Waals surface area contributed by atoms with Crippen molar-refractivity contribution < 1.29 is 13.2 Å². The molecule has 0 aliphatic carbocycles. The summed E-state index contributed by atoms with van der Waals surface area (Å²) in [5, 5.41) is 3.16. The second kappa shape index (κ2) is 4.92. The van der Waals surface area contributed by atoms with Gasteiger partial charge in [-0.1, -0.05) is 0 Å². The van der Waals surface area contributed by atoms with E-state index in [4.69, 9.17) is 0 Å². The van der Waals surface area contributed by atoms with Gasteiger partial charge in [-0.25, -0.2) is 13.2 Å². The van der Waals surface area contributed by atoms with Gasteiger partial charge in [-0.15, -0.1) is 0 Å². The number of piperidine rings is 1. The van der Waals surface area contributed by atoms with Crippen molar-refractivity contribution in [2.45, 2.75) is 38.3 Å². The zero-order chi connectivity index (χ0) is 13.3. The number of halogens is 3. The fourth-order valence-electron chi connectivity index (χ4n) is 2.37. The van der Waals surface area contributed by atoms with Crippen molar-refractivity contribution >= 4 is 0 Å². The molecule has 1 fully saturated rings. The van der Waals surface area contributed by atoms with Crippen molar-refractivity contribution in [2.75, 3.05) is 13.1 Å². The second-order valence-electron chi connectivity index (χ2n) is 5.38. The molecular formula is C14H18F3N. The molecule has 0 bridgehead atoms. The molecule has 1 aliphatic rings. The normalized spacial score (nSPS) is 21.1. The van der Waals surface area contributed by atoms with E-state index in [9.17, 15) is 13.2 Å². The number of hydrogen-bond donors (Lipinski definition) is 1. The van der Waals surface area contributed by atoms with Crippen molar-refractivity contribution in [3.05, 3.63) is 34.9 Å². The predicted octanol–water partition coefficient (Wildman–Crippen LogP) is 3.64. The van der Waals surface area contributed by atoms with E-state index in [1.165, 1.54) is 19.9 Å². The number of hydrogen-bond acceptors (Lipinski definition) is 1. The molecule has 100 valence electrons. The minimum absolute atomic E-state index is 0.0736. The Balaban J connectivity index is 2.42. The molecule has 1 aliphatic heterocycles. The third kappa shape index (κ3) is 2.69. The van der Waals surface area contributed by atoms with Gasteiger partial charge in [0.1, 0.15) is 5.67 Å². The van der Waals surface area contributed by atoms with Gasteiger partial charge in [0.05, 0.1) is 0 Å². The lowest BCUT2D eigenvalue weighted by molar-refractivity contribution is 0.220. The molecule has 1 atom stereocenters. The van der Waals surface area contributed by atoms with Gasteiger partial charge in [0.25, 0.3) is 0 Å². The maximum atomic E-state index is 13.9. The maximum Gasteiger partial charge on any atom is 0.162 e. The lowest BCUT2D eigenvalue weighted by Crippen LogP contribution is -2.29. The monoisotopic (exact) mass is 257 g/mol. The van der Waals surface area contributed by atoms with Crippen LogP contribution in [0.1, 0.15) is 43.7 Å². The van der Waals surface area contributed by atoms with Crippen molar-refractivity contribution in [3.63, 3.8) is 0 Å². The first-order chi connectivity index (χ1) is 8.39. The molecule has 1 N–H and O–H groups in total. The summed E-state index contributed by atoms with van der Waals surface area (Å²) in [6, 6.07) is 2.42. The number of alkyl halides is 1. The van der Waals surface area contributed by atoms with Crippen LogP contribution in [-0.2, 0) is 5.67 Å². The average molecular weight is 257 g/mol. The van der Waals surface area contributed by atoms with Gasteiger partial charge in [0.2, 0.25) is 0 Å². The van der Waals surface area contributed by atoms with Crippen LogP contribution >= 0.6 is 0 Å². The third-order valence-corrected chi connectivity index (χ3v) is 3.48. The molecule has 1 unspecified atom stereocenters. The van der Waals surface area contributed by atoms with E-state index in [1.54, 1.807) is 0 Å². The summed E-state index contributed by atoms with van der Waals surface area (Å²) in [5.41, 5.74) is -1.17. The van der Waals surface area contributed by atoms with Crippen LogP contribution in [-0.4, -0.2) is 13.1 Å². The summed E-state index contributed by atoms with van der Waals surface area (Å²) in [4.78, 5) is 0. The third-order valence-electron chi connectivity index (χ3n) is 3.48. The zero-order valence-electron chi connectivity index (χ0n) is 10.7. The molecule has 0 amide bonds. The van der Waals surface area contributed by atoms with Crippen LogP contribution in [0.25, 0.3) is 0 Å². The van der Waals surface area contributed by atoms with Crippen LogP contribution in [0.5, 0.6) is 0 Å². The summed E-state index contributed by atoms with van der Waals surface area (Å²) in [7, 11) is 0. The molecule has 18 heavy (non-hydrogen) atoms. The second-order valence-corrected chi connectivity index (χ2v) is 5.38. The highest BCUT2D eigenvalue weighted by molar-refractivity contribution is 5.32. The standard InChI is InChI=1S/C14H18F3N/c1-14(2,17)10-6-11(13(16)12(15)7-10)9-4-3-5-18-8-9/h6-7,9,18H,3-5,8H2,1-2H3. The molecule has 0 saturated carbocycles. The molecule has 0 aromatic heterocycles. The zero-order valence-corrected chi connectivity index (χ0v) is 10.7. The van der Waals surface area contributed by atoms with Crippen molar-refractivity contribution in [1.29, 1.82) is 0 Å². The predicted molar refractivity (Wildman–Crippen MR) is 65.3 cm³/mol. The van der Waals surface area contributed by atoms with Gasteiger partial charge in [0.15, 0.2) is 11.6 Å². The molecule has 2 rings (SSSR count). The molecular weight excluding hydrogens is 239 g/mol. The van der Waals surface area contributed by atoms with E-state index in [1.807, 2.05) is 0 Å². The first kappa shape index (κ1) is 13.4. The molecule has 1 nitrogen and oxygen atoms in total. The fourth-order valence-corrected chi connectivity index (χ4v) is 2.37. The van der Waals surface area contributed by atoms with Crippen LogP contribution in [0, 0.1) is 11.6 Å². The number of benzene rings is 1. The Bertz CT molecular complexity index is 431. The first-order valence-electron chi connectivity index (χ1n) is 6.28. The van der Waals surface area contributed by atoms with E-state index < -0.39 is 17.3 Å². The quantitative estimate of drug-likeness (QED) is 0.853. The Morgan fingerprint density at radius 1 is 1.28 bits per heavy atom. The number of nitrogens with one attached hydrogen (secondary N) is 1. The number of rotatable bonds is 2. The van der Waals surface area contributed by atoms with Crippen LogP contribution in [0.3, 0.4) is 0 Å². The minimum atomic E-state index is -1.66. The molecule has 1 heterocycles. The van der Waals surface area contributed by atoms with Crippen molar-refractivity contribution in [2.24, 2.45) is 0 Å². The Morgan fingerprint density at radius 2 is 2.00 bits per heavy atom. The van der Waals surface area contributed by atoms with Crippen LogP contribution in [0.4, 0.5) is 13.2 Å². The van der Waals surface area contributed by atoms with E-state index in [-0.39, 0.29) is 11.5 Å². The lowest BCUT2D eigenvalue weighted by atomic mass is 9.87. The summed E-state index contributed by atoms with van der Waals surface area (Å²) in [5.74, 6) is -1.87. The Hall–Kier alpha value is -1.03. The molecule has 0 radical (unpaired) electrons. The first-order valence-corrected chi connectivity index (χ1v) is 6.28. The molecule has 4 heteroatoms. The minimum Gasteiger partial charge on any atom is -0.316 e. The summed E-state index contributed by atoms with van der Waals surface area (Å²) in [6.07, 6.45) is 1.73. The molecule has 1 aromatic rings. The SMILES string of the molecule is CC(C)(F)c1cc(F)c(F)c(C2CCCNC2)c1. The van der Waals surface area contributed by atoms with Gasteiger partial charge in [-0.05, 0) is 62.4 Å². The molecule has 1 aromatic carbocycles. The Labute approximate surface area is 105 Å². The van der Waals surface area contributed by atoms with E-state index in [0.717, 1.165) is 25.5 Å². The van der Waals surface area contributed by atoms with Gasteiger partial charge >= 0.3 is 0 Å². The Kier molecular flexibility index (Phi) is 3.66. The Morgan fingerprint density at radius 3 is 2.56 bits per heavy atom. The van der Waals surface area contributed by atoms with Gasteiger partial charge in [-0.2, -0.15) is 0 Å². The van der Waals surface area contributed by atoms with Gasteiger partial charge in [0, 0.05) is 6.54 Å². The summed E-state index contributed by atoms with van der Waals surface area (Å²) >= 11 is 0. The van der Waals surface area contributed by atoms with E-state index in [0.29, 0.717) is 12.1 Å². The van der Waals surface area contributed by atoms with E-state index >= 15 is 0 Å². The average Bonchev–Trinajstić information content (AvgIpc) is 2.32. The van der Waals surface area contributed by atoms with E-state index in [2.05, 4.69) is 5.32 Å². The fraction of sp³-hybridized carbons (Fsp3) is 0.571. The van der Waals surface area contributed by atoms with Gasteiger partial charge < -0.3 is 5.32 Å².